The number of aryl methyl sites for hydroxylation is 1. The number of imidazole rings is 1. The Balaban J connectivity index is 1.92. The third-order valence-electron chi connectivity index (χ3n) is 2.91. The maximum atomic E-state index is 10.8. The van der Waals surface area contributed by atoms with Gasteiger partial charge in [-0.15, -0.1) is 0 Å². The van der Waals surface area contributed by atoms with Gasteiger partial charge in [0.2, 0.25) is 0 Å². The van der Waals surface area contributed by atoms with E-state index < -0.39 is 0 Å². The summed E-state index contributed by atoms with van der Waals surface area (Å²) in [6.07, 6.45) is 7.19. The second-order valence-electron chi connectivity index (χ2n) is 4.12. The fraction of sp³-hybridized carbons (Fsp3) is 0.636. The molecule has 1 heterocycles. The molecule has 1 saturated carbocycles. The molecule has 0 aliphatic heterocycles. The molecule has 3 nitrogen and oxygen atoms in total. The summed E-state index contributed by atoms with van der Waals surface area (Å²) in [5.41, 5.74) is 1.26. The van der Waals surface area contributed by atoms with Crippen LogP contribution in [0.4, 0.5) is 0 Å². The first-order chi connectivity index (χ1) is 6.75. The number of H-pyrrole nitrogens is 1. The molecule has 0 radical (unpaired) electrons. The molecule has 14 heavy (non-hydrogen) atoms. The second-order valence-corrected chi connectivity index (χ2v) is 4.12. The van der Waals surface area contributed by atoms with Crippen LogP contribution < -0.4 is 0 Å². The molecular weight excluding hydrogens is 176 g/mol. The number of nitrogens with one attached hydrogen (secondary N) is 1. The molecule has 1 aromatic heterocycles. The van der Waals surface area contributed by atoms with Crippen molar-refractivity contribution in [1.82, 2.24) is 9.97 Å². The SMILES string of the molecule is CC(=O)CCc1ncc(C2CCC2)[nH]1. The molecule has 1 aliphatic rings. The summed E-state index contributed by atoms with van der Waals surface area (Å²) in [7, 11) is 0. The van der Waals surface area contributed by atoms with Gasteiger partial charge >= 0.3 is 0 Å². The smallest absolute Gasteiger partial charge is 0.130 e. The lowest BCUT2D eigenvalue weighted by atomic mass is 9.83. The number of aromatic nitrogens is 2. The van der Waals surface area contributed by atoms with E-state index in [1.807, 2.05) is 6.20 Å². The van der Waals surface area contributed by atoms with Crippen LogP contribution in [-0.4, -0.2) is 15.8 Å². The van der Waals surface area contributed by atoms with E-state index in [0.29, 0.717) is 12.3 Å². The minimum Gasteiger partial charge on any atom is -0.346 e. The molecule has 3 heteroatoms. The van der Waals surface area contributed by atoms with Gasteiger partial charge in [0.15, 0.2) is 0 Å². The fourth-order valence-corrected chi connectivity index (χ4v) is 1.73. The van der Waals surface area contributed by atoms with E-state index in [4.69, 9.17) is 0 Å². The summed E-state index contributed by atoms with van der Waals surface area (Å²) in [4.78, 5) is 18.4. The summed E-state index contributed by atoms with van der Waals surface area (Å²) in [6.45, 7) is 1.62. The van der Waals surface area contributed by atoms with Gasteiger partial charge in [-0.2, -0.15) is 0 Å². The number of aromatic amines is 1. The van der Waals surface area contributed by atoms with Gasteiger partial charge in [0.25, 0.3) is 0 Å². The van der Waals surface area contributed by atoms with Crippen LogP contribution >= 0.6 is 0 Å². The van der Waals surface area contributed by atoms with Crippen molar-refractivity contribution in [3.05, 3.63) is 17.7 Å². The molecule has 0 unspecified atom stereocenters. The van der Waals surface area contributed by atoms with E-state index in [1.165, 1.54) is 25.0 Å². The Morgan fingerprint density at radius 3 is 3.00 bits per heavy atom. The van der Waals surface area contributed by atoms with Crippen molar-refractivity contribution in [1.29, 1.82) is 0 Å². The third-order valence-corrected chi connectivity index (χ3v) is 2.91. The highest BCUT2D eigenvalue weighted by Gasteiger charge is 2.21. The molecule has 0 aromatic carbocycles. The zero-order valence-electron chi connectivity index (χ0n) is 8.55. The lowest BCUT2D eigenvalue weighted by Gasteiger charge is -2.23. The van der Waals surface area contributed by atoms with E-state index in [2.05, 4.69) is 9.97 Å². The van der Waals surface area contributed by atoms with Crippen molar-refractivity contribution in [2.45, 2.75) is 44.9 Å². The van der Waals surface area contributed by atoms with Crippen molar-refractivity contribution < 1.29 is 4.79 Å². The summed E-state index contributed by atoms with van der Waals surface area (Å²) in [5, 5.41) is 0. The van der Waals surface area contributed by atoms with Crippen LogP contribution in [0, 0.1) is 0 Å². The Labute approximate surface area is 83.9 Å². The van der Waals surface area contributed by atoms with Crippen molar-refractivity contribution >= 4 is 5.78 Å². The lowest BCUT2D eigenvalue weighted by Crippen LogP contribution is -2.09. The number of nitrogens with zero attached hydrogens (tertiary/aromatic N) is 1. The van der Waals surface area contributed by atoms with Crippen molar-refractivity contribution in [2.75, 3.05) is 0 Å². The highest BCUT2D eigenvalue weighted by Crippen LogP contribution is 2.35. The maximum absolute atomic E-state index is 10.8. The molecule has 0 amide bonds. The summed E-state index contributed by atoms with van der Waals surface area (Å²) in [5.74, 6) is 1.89. The molecule has 0 bridgehead atoms. The average molecular weight is 192 g/mol. The first kappa shape index (κ1) is 9.44. The second kappa shape index (κ2) is 3.95. The van der Waals surface area contributed by atoms with Crippen LogP contribution in [0.5, 0.6) is 0 Å². The minimum atomic E-state index is 0.228. The number of carbonyl (C=O) groups is 1. The molecule has 2 rings (SSSR count). The third kappa shape index (κ3) is 2.03. The quantitative estimate of drug-likeness (QED) is 0.794. The van der Waals surface area contributed by atoms with E-state index in [9.17, 15) is 4.79 Å². The predicted molar refractivity (Wildman–Crippen MR) is 54.2 cm³/mol. The topological polar surface area (TPSA) is 45.8 Å². The zero-order chi connectivity index (χ0) is 9.97. The number of Topliss-reactive ketones (excluding diaryl/α,β-unsaturated/α-hetero) is 1. The highest BCUT2D eigenvalue weighted by molar-refractivity contribution is 5.75. The van der Waals surface area contributed by atoms with Gasteiger partial charge in [-0.3, -0.25) is 0 Å². The predicted octanol–water partition coefficient (Wildman–Crippen LogP) is 2.20. The monoisotopic (exact) mass is 192 g/mol. The molecule has 1 aromatic rings. The van der Waals surface area contributed by atoms with Crippen LogP contribution in [0.2, 0.25) is 0 Å². The van der Waals surface area contributed by atoms with Gasteiger partial charge in [0, 0.05) is 30.7 Å². The fourth-order valence-electron chi connectivity index (χ4n) is 1.73. The average Bonchev–Trinajstić information content (AvgIpc) is 2.46. The van der Waals surface area contributed by atoms with Gasteiger partial charge < -0.3 is 9.78 Å². The van der Waals surface area contributed by atoms with Crippen LogP contribution in [0.3, 0.4) is 0 Å². The van der Waals surface area contributed by atoms with Crippen molar-refractivity contribution in [3.63, 3.8) is 0 Å². The Hall–Kier alpha value is -1.12. The summed E-state index contributed by atoms with van der Waals surface area (Å²) < 4.78 is 0. The molecule has 1 aliphatic carbocycles. The van der Waals surface area contributed by atoms with Gasteiger partial charge in [0.05, 0.1) is 0 Å². The van der Waals surface area contributed by atoms with Gasteiger partial charge in [-0.1, -0.05) is 6.42 Å². The molecule has 1 fully saturated rings. The van der Waals surface area contributed by atoms with Crippen LogP contribution in [0.15, 0.2) is 6.20 Å². The van der Waals surface area contributed by atoms with E-state index >= 15 is 0 Å². The molecule has 1 N–H and O–H groups in total. The molecule has 76 valence electrons. The van der Waals surface area contributed by atoms with Gasteiger partial charge in [-0.05, 0) is 19.8 Å². The van der Waals surface area contributed by atoms with Crippen molar-refractivity contribution in [3.8, 4) is 0 Å². The number of hydrogen-bond donors (Lipinski definition) is 1. The number of carbonyl (C=O) groups excluding carboxylic acids is 1. The lowest BCUT2D eigenvalue weighted by molar-refractivity contribution is -0.117. The number of ketones is 1. The molecular formula is C11H16N2O. The van der Waals surface area contributed by atoms with Gasteiger partial charge in [-0.25, -0.2) is 4.98 Å². The standard InChI is InChI=1S/C11H16N2O/c1-8(14)5-6-11-12-7-10(13-11)9-3-2-4-9/h7,9H,2-6H2,1H3,(H,12,13). The summed E-state index contributed by atoms with van der Waals surface area (Å²) in [6, 6.07) is 0. The van der Waals surface area contributed by atoms with E-state index in [-0.39, 0.29) is 5.78 Å². The van der Waals surface area contributed by atoms with E-state index in [0.717, 1.165) is 12.2 Å². The Kier molecular flexibility index (Phi) is 2.66. The maximum Gasteiger partial charge on any atom is 0.130 e. The zero-order valence-corrected chi connectivity index (χ0v) is 8.55. The first-order valence-corrected chi connectivity index (χ1v) is 5.29. The van der Waals surface area contributed by atoms with Crippen LogP contribution in [-0.2, 0) is 11.2 Å². The minimum absolute atomic E-state index is 0.228. The molecule has 0 atom stereocenters. The first-order valence-electron chi connectivity index (χ1n) is 5.29. The Bertz CT molecular complexity index is 326. The normalized spacial score (nSPS) is 16.6. The van der Waals surface area contributed by atoms with Crippen LogP contribution in [0.1, 0.15) is 50.0 Å². The van der Waals surface area contributed by atoms with Gasteiger partial charge in [0.1, 0.15) is 11.6 Å². The Morgan fingerprint density at radius 1 is 1.64 bits per heavy atom. The van der Waals surface area contributed by atoms with Crippen LogP contribution in [0.25, 0.3) is 0 Å². The highest BCUT2D eigenvalue weighted by atomic mass is 16.1. The number of hydrogen-bond acceptors (Lipinski definition) is 2. The molecule has 0 saturated heterocycles. The number of rotatable bonds is 4. The Morgan fingerprint density at radius 2 is 2.43 bits per heavy atom. The van der Waals surface area contributed by atoms with Crippen molar-refractivity contribution in [2.24, 2.45) is 0 Å². The molecule has 0 spiro atoms. The largest absolute Gasteiger partial charge is 0.346 e. The summed E-state index contributed by atoms with van der Waals surface area (Å²) >= 11 is 0. The van der Waals surface area contributed by atoms with E-state index in [1.54, 1.807) is 6.92 Å².